The number of hydrogen-bond acceptors (Lipinski definition) is 4. The van der Waals surface area contributed by atoms with Crippen LogP contribution in [-0.4, -0.2) is 30.2 Å². The van der Waals surface area contributed by atoms with Crippen LogP contribution >= 0.6 is 23.2 Å². The third-order valence-electron chi connectivity index (χ3n) is 7.15. The van der Waals surface area contributed by atoms with Gasteiger partial charge in [-0.3, -0.25) is 19.0 Å². The first kappa shape index (κ1) is 30.4. The summed E-state index contributed by atoms with van der Waals surface area (Å²) in [4.78, 5) is 26.1. The summed E-state index contributed by atoms with van der Waals surface area (Å²) >= 11 is 12.6. The Morgan fingerprint density at radius 2 is 1.61 bits per heavy atom. The van der Waals surface area contributed by atoms with E-state index < -0.39 is 26.9 Å². The van der Waals surface area contributed by atoms with E-state index in [1.165, 1.54) is 10.7 Å². The number of amides is 1. The van der Waals surface area contributed by atoms with Gasteiger partial charge >= 0.3 is 0 Å². The van der Waals surface area contributed by atoms with E-state index in [4.69, 9.17) is 23.2 Å². The number of nitrogens with one attached hydrogen (secondary N) is 2. The summed E-state index contributed by atoms with van der Waals surface area (Å²) in [6.07, 6.45) is 0. The highest BCUT2D eigenvalue weighted by Crippen LogP contribution is 2.31. The fourth-order valence-electron chi connectivity index (χ4n) is 4.85. The second-order valence-corrected chi connectivity index (χ2v) is 13.2. The molecule has 8 nitrogen and oxygen atoms in total. The molecule has 0 atom stereocenters. The SMILES string of the molecule is Cc1ccc(C(C)(C)CNC(=O)c2cc(S(=O)(=O)Nc3c(C)n(C)n(-c4ccccc4)c3=O)c(Cl)cc2Cl)c(C)c1. The Bertz CT molecular complexity index is 1810. The molecule has 0 aliphatic heterocycles. The maximum Gasteiger partial charge on any atom is 0.296 e. The van der Waals surface area contributed by atoms with Crippen molar-refractivity contribution in [2.75, 3.05) is 11.3 Å². The second-order valence-electron chi connectivity index (χ2n) is 10.7. The Kier molecular flexibility index (Phi) is 8.45. The highest BCUT2D eigenvalue weighted by Gasteiger charge is 2.28. The molecule has 1 amide bonds. The first-order valence-corrected chi connectivity index (χ1v) is 15.1. The summed E-state index contributed by atoms with van der Waals surface area (Å²) in [6.45, 7) is 9.97. The van der Waals surface area contributed by atoms with Crippen LogP contribution < -0.4 is 15.6 Å². The molecule has 4 aromatic rings. The number of anilines is 1. The minimum Gasteiger partial charge on any atom is -0.351 e. The lowest BCUT2D eigenvalue weighted by Crippen LogP contribution is -2.37. The van der Waals surface area contributed by atoms with Crippen LogP contribution in [0.5, 0.6) is 0 Å². The number of aromatic nitrogens is 2. The molecule has 0 saturated heterocycles. The van der Waals surface area contributed by atoms with Crippen molar-refractivity contribution in [1.29, 1.82) is 0 Å². The standard InChI is InChI=1S/C30H32Cl2N4O4S/c1-18-12-13-23(19(2)14-18)30(4,5)17-33-28(37)22-15-26(25(32)16-24(22)31)41(39,40)34-27-20(3)35(6)36(29(27)38)21-10-8-7-9-11-21/h7-16,34H,17H2,1-6H3,(H,33,37). The van der Waals surface area contributed by atoms with Crippen LogP contribution in [-0.2, 0) is 22.5 Å². The minimum atomic E-state index is -4.39. The van der Waals surface area contributed by atoms with Gasteiger partial charge in [0.05, 0.1) is 27.0 Å². The molecule has 0 aliphatic carbocycles. The van der Waals surface area contributed by atoms with Crippen molar-refractivity contribution >= 4 is 44.8 Å². The van der Waals surface area contributed by atoms with E-state index >= 15 is 0 Å². The van der Waals surface area contributed by atoms with Crippen molar-refractivity contribution in [3.05, 3.63) is 109 Å². The summed E-state index contributed by atoms with van der Waals surface area (Å²) in [5.74, 6) is -0.553. The predicted molar refractivity (Wildman–Crippen MR) is 164 cm³/mol. The molecule has 11 heteroatoms. The Balaban J connectivity index is 1.64. The van der Waals surface area contributed by atoms with E-state index in [0.29, 0.717) is 11.4 Å². The highest BCUT2D eigenvalue weighted by atomic mass is 35.5. The molecule has 41 heavy (non-hydrogen) atoms. The van der Waals surface area contributed by atoms with Crippen molar-refractivity contribution in [2.45, 2.75) is 44.9 Å². The number of carbonyl (C=O) groups excluding carboxylic acids is 1. The predicted octanol–water partition coefficient (Wildman–Crippen LogP) is 5.92. The van der Waals surface area contributed by atoms with Crippen molar-refractivity contribution in [3.8, 4) is 5.69 Å². The van der Waals surface area contributed by atoms with Gasteiger partial charge in [0.2, 0.25) is 0 Å². The Morgan fingerprint density at radius 1 is 0.951 bits per heavy atom. The molecule has 3 aromatic carbocycles. The molecule has 0 unspecified atom stereocenters. The lowest BCUT2D eigenvalue weighted by molar-refractivity contribution is 0.0945. The number of carbonyl (C=O) groups is 1. The normalized spacial score (nSPS) is 11.9. The van der Waals surface area contributed by atoms with Crippen molar-refractivity contribution in [3.63, 3.8) is 0 Å². The van der Waals surface area contributed by atoms with Crippen LogP contribution in [0.1, 0.15) is 46.6 Å². The molecular weight excluding hydrogens is 583 g/mol. The van der Waals surface area contributed by atoms with Crippen LogP contribution in [0.3, 0.4) is 0 Å². The van der Waals surface area contributed by atoms with Crippen LogP contribution in [0, 0.1) is 20.8 Å². The summed E-state index contributed by atoms with van der Waals surface area (Å²) in [7, 11) is -2.74. The first-order valence-electron chi connectivity index (χ1n) is 12.9. The van der Waals surface area contributed by atoms with Gasteiger partial charge in [-0.15, -0.1) is 0 Å². The van der Waals surface area contributed by atoms with Gasteiger partial charge in [0.15, 0.2) is 0 Å². The number of nitrogens with zero attached hydrogens (tertiary/aromatic N) is 2. The summed E-state index contributed by atoms with van der Waals surface area (Å²) < 4.78 is 32.3. The smallest absolute Gasteiger partial charge is 0.296 e. The topological polar surface area (TPSA) is 102 Å². The highest BCUT2D eigenvalue weighted by molar-refractivity contribution is 7.92. The summed E-state index contributed by atoms with van der Waals surface area (Å²) in [5.41, 5.74) is 3.13. The molecule has 216 valence electrons. The molecule has 0 spiro atoms. The van der Waals surface area contributed by atoms with Crippen LogP contribution in [0.4, 0.5) is 5.69 Å². The monoisotopic (exact) mass is 614 g/mol. The lowest BCUT2D eigenvalue weighted by atomic mass is 9.81. The fourth-order valence-corrected chi connectivity index (χ4v) is 6.82. The quantitative estimate of drug-likeness (QED) is 0.257. The molecule has 0 radical (unpaired) electrons. The first-order chi connectivity index (χ1) is 19.1. The van der Waals surface area contributed by atoms with Crippen LogP contribution in [0.2, 0.25) is 10.0 Å². The molecule has 0 saturated carbocycles. The largest absolute Gasteiger partial charge is 0.351 e. The van der Waals surface area contributed by atoms with Crippen molar-refractivity contribution in [1.82, 2.24) is 14.7 Å². The van der Waals surface area contributed by atoms with Crippen LogP contribution in [0.25, 0.3) is 5.69 Å². The maximum atomic E-state index is 13.5. The van der Waals surface area contributed by atoms with Gasteiger partial charge in [0.1, 0.15) is 10.6 Å². The molecule has 2 N–H and O–H groups in total. The number of benzene rings is 3. The minimum absolute atomic E-state index is 0.00176. The molecule has 0 aliphatic rings. The second kappa shape index (κ2) is 11.4. The number of rotatable bonds is 8. The molecule has 0 fully saturated rings. The van der Waals surface area contributed by atoms with Crippen molar-refractivity contribution in [2.24, 2.45) is 7.05 Å². The van der Waals surface area contributed by atoms with E-state index in [-0.39, 0.29) is 32.7 Å². The third kappa shape index (κ3) is 6.07. The summed E-state index contributed by atoms with van der Waals surface area (Å²) in [6, 6.07) is 17.3. The lowest BCUT2D eigenvalue weighted by Gasteiger charge is -2.28. The Labute approximate surface area is 249 Å². The summed E-state index contributed by atoms with van der Waals surface area (Å²) in [5, 5.41) is 2.69. The van der Waals surface area contributed by atoms with E-state index in [0.717, 1.165) is 22.8 Å². The van der Waals surface area contributed by atoms with Gasteiger partial charge in [0, 0.05) is 19.0 Å². The third-order valence-corrected chi connectivity index (χ3v) is 9.28. The Morgan fingerprint density at radius 3 is 2.24 bits per heavy atom. The molecule has 1 aromatic heterocycles. The number of para-hydroxylation sites is 1. The zero-order valence-electron chi connectivity index (χ0n) is 23.7. The van der Waals surface area contributed by atoms with Gasteiger partial charge in [-0.1, -0.05) is 79.0 Å². The number of aryl methyl sites for hydroxylation is 2. The fraction of sp³-hybridized carbons (Fsp3) is 0.267. The van der Waals surface area contributed by atoms with Gasteiger partial charge in [-0.2, -0.15) is 0 Å². The number of sulfonamides is 1. The molecular formula is C30H32Cl2N4O4S. The molecule has 0 bridgehead atoms. The average molecular weight is 616 g/mol. The number of halogens is 2. The number of hydrogen-bond donors (Lipinski definition) is 2. The zero-order chi connectivity index (χ0) is 30.3. The van der Waals surface area contributed by atoms with Crippen molar-refractivity contribution < 1.29 is 13.2 Å². The van der Waals surface area contributed by atoms with Crippen LogP contribution in [0.15, 0.2) is 70.4 Å². The van der Waals surface area contributed by atoms with Gasteiger partial charge in [-0.05, 0) is 56.2 Å². The average Bonchev–Trinajstić information content (AvgIpc) is 3.10. The maximum absolute atomic E-state index is 13.5. The van der Waals surface area contributed by atoms with E-state index in [1.807, 2.05) is 45.9 Å². The van der Waals surface area contributed by atoms with E-state index in [9.17, 15) is 18.0 Å². The molecule has 1 heterocycles. The molecule has 4 rings (SSSR count). The van der Waals surface area contributed by atoms with E-state index in [2.05, 4.69) is 16.1 Å². The van der Waals surface area contributed by atoms with E-state index in [1.54, 1.807) is 42.9 Å². The van der Waals surface area contributed by atoms with Gasteiger partial charge in [-0.25, -0.2) is 13.1 Å². The Hall–Kier alpha value is -3.53. The van der Waals surface area contributed by atoms with Gasteiger partial charge < -0.3 is 5.32 Å². The van der Waals surface area contributed by atoms with Gasteiger partial charge in [0.25, 0.3) is 21.5 Å². The zero-order valence-corrected chi connectivity index (χ0v) is 26.0.